The summed E-state index contributed by atoms with van der Waals surface area (Å²) in [7, 11) is -1.33. The molecule has 1 fully saturated rings. The van der Waals surface area contributed by atoms with E-state index in [-0.39, 0.29) is 18.1 Å². The first-order chi connectivity index (χ1) is 17.7. The first-order valence-corrected chi connectivity index (χ1v) is 14.9. The van der Waals surface area contributed by atoms with Crippen molar-refractivity contribution in [2.45, 2.75) is 97.3 Å². The Kier molecular flexibility index (Phi) is 9.85. The molecule has 0 unspecified atom stereocenters. The molecule has 1 atom stereocenters. The Labute approximate surface area is 227 Å². The summed E-state index contributed by atoms with van der Waals surface area (Å²) in [6.45, 7) is 14.6. The van der Waals surface area contributed by atoms with Crippen LogP contribution in [0, 0.1) is 5.92 Å². The molecule has 1 saturated carbocycles. The minimum Gasteiger partial charge on any atom is -0.444 e. The Morgan fingerprint density at radius 2 is 1.57 bits per heavy atom. The summed E-state index contributed by atoms with van der Waals surface area (Å²) in [5.74, 6) is 0.495. The molecule has 2 aromatic carbocycles. The van der Waals surface area contributed by atoms with Crippen molar-refractivity contribution >= 4 is 25.5 Å². The number of nitrogens with one attached hydrogen (secondary N) is 1. The van der Waals surface area contributed by atoms with E-state index in [0.717, 1.165) is 32.3 Å². The summed E-state index contributed by atoms with van der Waals surface area (Å²) in [4.78, 5) is 12.0. The van der Waals surface area contributed by atoms with Crippen molar-refractivity contribution in [3.8, 4) is 0 Å². The summed E-state index contributed by atoms with van der Waals surface area (Å²) >= 11 is 0. The molecule has 203 valence electrons. The Hall–Kier alpha value is -2.15. The monoisotopic (exact) mass is 525 g/mol. The summed E-state index contributed by atoms with van der Waals surface area (Å²) in [5.41, 5.74) is 0.862. The third-order valence-corrected chi connectivity index (χ3v) is 8.73. The fourth-order valence-corrected chi connectivity index (χ4v) is 6.50. The van der Waals surface area contributed by atoms with E-state index < -0.39 is 26.8 Å². The van der Waals surface area contributed by atoms with E-state index in [1.807, 2.05) is 0 Å². The van der Waals surface area contributed by atoms with Gasteiger partial charge in [0.05, 0.1) is 20.1 Å². The zero-order valence-corrected chi connectivity index (χ0v) is 24.7. The Morgan fingerprint density at radius 1 is 0.973 bits per heavy atom. The highest BCUT2D eigenvalue weighted by Crippen LogP contribution is 2.27. The van der Waals surface area contributed by atoms with Gasteiger partial charge in [0.15, 0.2) is 0 Å². The van der Waals surface area contributed by atoms with E-state index in [9.17, 15) is 4.79 Å². The number of amides is 1. The molecule has 1 aliphatic carbocycles. The van der Waals surface area contributed by atoms with E-state index in [0.29, 0.717) is 5.92 Å². The van der Waals surface area contributed by atoms with Crippen molar-refractivity contribution in [1.29, 1.82) is 0 Å². The van der Waals surface area contributed by atoms with Crippen LogP contribution in [0.2, 0.25) is 0 Å². The van der Waals surface area contributed by atoms with Gasteiger partial charge in [0.25, 0.3) is 9.04 Å². The average Bonchev–Trinajstić information content (AvgIpc) is 2.82. The normalized spacial score (nSPS) is 20.7. The van der Waals surface area contributed by atoms with Gasteiger partial charge in [0.1, 0.15) is 5.60 Å². The molecule has 0 heterocycles. The maximum atomic E-state index is 12.0. The molecule has 0 spiro atoms. The molecule has 1 aliphatic rings. The van der Waals surface area contributed by atoms with Crippen molar-refractivity contribution < 1.29 is 20.1 Å². The standard InChI is InChI=1S/C31H46NO4Si/c1-23(32-29(33)36-31(5,6)7)21-34-26-17-13-24(14-18-26)22-35-37(27-11-9-8-10-12-27)28-19-15-25(16-20-28)30(2,3)4/h8-12,15-16,19-20,23-24,26H,13-14,17-18,21-22H2,1-7H3,(H,32,33)/t23-,24?,26?/m0/s1/i23D. The molecule has 1 amide bonds. The van der Waals surface area contributed by atoms with Crippen LogP contribution in [-0.4, -0.2) is 46.1 Å². The molecule has 5 nitrogen and oxygen atoms in total. The minimum absolute atomic E-state index is 0.0974. The van der Waals surface area contributed by atoms with Crippen LogP contribution in [0.1, 0.15) is 81.1 Å². The van der Waals surface area contributed by atoms with Gasteiger partial charge in [-0.2, -0.15) is 0 Å². The molecule has 2 aromatic rings. The summed E-state index contributed by atoms with van der Waals surface area (Å²) in [5, 5.41) is 5.15. The first-order valence-electron chi connectivity index (χ1n) is 14.0. The van der Waals surface area contributed by atoms with Crippen molar-refractivity contribution in [2.75, 3.05) is 13.2 Å². The number of benzene rings is 2. The van der Waals surface area contributed by atoms with E-state index in [1.54, 1.807) is 27.7 Å². The number of hydrogen-bond donors (Lipinski definition) is 1. The number of hydrogen-bond acceptors (Lipinski definition) is 4. The Morgan fingerprint density at radius 3 is 2.14 bits per heavy atom. The van der Waals surface area contributed by atoms with Crippen molar-refractivity contribution in [3.05, 3.63) is 60.2 Å². The summed E-state index contributed by atoms with van der Waals surface area (Å²) in [6, 6.07) is 18.3. The third-order valence-electron chi connectivity index (χ3n) is 6.56. The second kappa shape index (κ2) is 13.1. The van der Waals surface area contributed by atoms with E-state index in [4.69, 9.17) is 15.3 Å². The van der Waals surface area contributed by atoms with E-state index in [2.05, 4.69) is 80.7 Å². The lowest BCUT2D eigenvalue weighted by molar-refractivity contribution is 0.000736. The van der Waals surface area contributed by atoms with Gasteiger partial charge in [0.2, 0.25) is 0 Å². The molecule has 6 heteroatoms. The SMILES string of the molecule is [2H][C@](C)(COC1CCC(CO[Si](c2ccccc2)c2ccc(C(C)(C)C)cc2)CC1)NC(=O)OC(C)(C)C. The number of carbonyl (C=O) groups is 1. The highest BCUT2D eigenvalue weighted by molar-refractivity contribution is 6.80. The molecule has 0 aliphatic heterocycles. The number of alkyl carbamates (subject to hydrolysis) is 1. The predicted molar refractivity (Wildman–Crippen MR) is 153 cm³/mol. The van der Waals surface area contributed by atoms with Crippen LogP contribution in [0.25, 0.3) is 0 Å². The van der Waals surface area contributed by atoms with Crippen molar-refractivity contribution in [3.63, 3.8) is 0 Å². The number of ether oxygens (including phenoxy) is 2. The maximum Gasteiger partial charge on any atom is 0.407 e. The van der Waals surface area contributed by atoms with Crippen LogP contribution in [0.15, 0.2) is 54.6 Å². The largest absolute Gasteiger partial charge is 0.444 e. The highest BCUT2D eigenvalue weighted by atomic mass is 28.3. The summed E-state index contributed by atoms with van der Waals surface area (Å²) in [6.07, 6.45) is 3.44. The molecular weight excluding hydrogens is 478 g/mol. The minimum atomic E-state index is -1.33. The molecule has 1 N–H and O–H groups in total. The van der Waals surface area contributed by atoms with E-state index in [1.165, 1.54) is 15.9 Å². The van der Waals surface area contributed by atoms with Crippen molar-refractivity contribution in [1.82, 2.24) is 5.32 Å². The zero-order chi connectivity index (χ0) is 28.0. The average molecular weight is 526 g/mol. The fraction of sp³-hybridized carbons (Fsp3) is 0.581. The van der Waals surface area contributed by atoms with Gasteiger partial charge < -0.3 is 19.2 Å². The smallest absolute Gasteiger partial charge is 0.407 e. The second-order valence-corrected chi connectivity index (χ2v) is 14.3. The van der Waals surface area contributed by atoms with Crippen LogP contribution in [0.5, 0.6) is 0 Å². The topological polar surface area (TPSA) is 56.8 Å². The van der Waals surface area contributed by atoms with Crippen LogP contribution >= 0.6 is 0 Å². The van der Waals surface area contributed by atoms with Crippen LogP contribution in [-0.2, 0) is 19.3 Å². The van der Waals surface area contributed by atoms with Gasteiger partial charge in [-0.05, 0) is 80.6 Å². The Bertz CT molecular complexity index is 1010. The van der Waals surface area contributed by atoms with Gasteiger partial charge in [-0.25, -0.2) is 4.79 Å². The fourth-order valence-electron chi connectivity index (χ4n) is 4.47. The van der Waals surface area contributed by atoms with Gasteiger partial charge >= 0.3 is 6.09 Å². The highest BCUT2D eigenvalue weighted by Gasteiger charge is 2.26. The molecule has 1 radical (unpaired) electrons. The van der Waals surface area contributed by atoms with Gasteiger partial charge in [0, 0.05) is 6.61 Å². The van der Waals surface area contributed by atoms with Crippen molar-refractivity contribution in [2.24, 2.45) is 5.92 Å². The lowest BCUT2D eigenvalue weighted by Gasteiger charge is -2.30. The van der Waals surface area contributed by atoms with E-state index >= 15 is 0 Å². The van der Waals surface area contributed by atoms with Crippen LogP contribution in [0.4, 0.5) is 4.79 Å². The lowest BCUT2D eigenvalue weighted by Crippen LogP contribution is -2.46. The molecule has 0 bridgehead atoms. The molecule has 3 rings (SSSR count). The van der Waals surface area contributed by atoms with Gasteiger partial charge in [-0.3, -0.25) is 0 Å². The maximum absolute atomic E-state index is 12.0. The Balaban J connectivity index is 1.50. The molecular formula is C31H46NO4Si. The zero-order valence-electron chi connectivity index (χ0n) is 24.7. The lowest BCUT2D eigenvalue weighted by atomic mass is 9.87. The van der Waals surface area contributed by atoms with Crippen LogP contribution < -0.4 is 15.7 Å². The predicted octanol–water partition coefficient (Wildman–Crippen LogP) is 5.60. The second-order valence-electron chi connectivity index (χ2n) is 12.2. The first kappa shape index (κ1) is 27.9. The summed E-state index contributed by atoms with van der Waals surface area (Å²) < 4.78 is 26.4. The number of carbonyl (C=O) groups excluding carboxylic acids is 1. The number of rotatable bonds is 9. The quantitative estimate of drug-likeness (QED) is 0.433. The van der Waals surface area contributed by atoms with Gasteiger partial charge in [-0.1, -0.05) is 75.4 Å². The molecule has 0 aromatic heterocycles. The molecule has 0 saturated heterocycles. The third kappa shape index (κ3) is 9.91. The van der Waals surface area contributed by atoms with Crippen LogP contribution in [0.3, 0.4) is 0 Å². The van der Waals surface area contributed by atoms with Gasteiger partial charge in [-0.15, -0.1) is 0 Å². The molecule has 37 heavy (non-hydrogen) atoms.